The molecule has 0 radical (unpaired) electrons. The van der Waals surface area contributed by atoms with Crippen LogP contribution in [-0.2, 0) is 4.79 Å². The van der Waals surface area contributed by atoms with Crippen LogP contribution in [-0.4, -0.2) is 47.8 Å². The smallest absolute Gasteiger partial charge is 0.271 e. The molecule has 30 heavy (non-hydrogen) atoms. The predicted octanol–water partition coefficient (Wildman–Crippen LogP) is 2.23. The Morgan fingerprint density at radius 3 is 2.70 bits per heavy atom. The van der Waals surface area contributed by atoms with Gasteiger partial charge in [0.25, 0.3) is 5.91 Å². The number of aromatic amines is 1. The number of hydrogen-bond donors (Lipinski definition) is 5. The summed E-state index contributed by atoms with van der Waals surface area (Å²) < 4.78 is 0. The summed E-state index contributed by atoms with van der Waals surface area (Å²) in [7, 11) is 0. The van der Waals surface area contributed by atoms with Gasteiger partial charge in [0.15, 0.2) is 0 Å². The number of aliphatic hydroxyl groups excluding tert-OH is 1. The highest BCUT2D eigenvalue weighted by atomic mass is 16.3. The SMILES string of the molecule is O=C(CCCNc1ccc(C(=O)N/N=C/c2ccc3cc[nH]c3c2)cc1)NCCO. The molecule has 0 aliphatic rings. The lowest BCUT2D eigenvalue weighted by Crippen LogP contribution is -2.26. The van der Waals surface area contributed by atoms with Crippen LogP contribution in [0.5, 0.6) is 0 Å². The van der Waals surface area contributed by atoms with E-state index in [1.807, 2.05) is 42.6 Å². The lowest BCUT2D eigenvalue weighted by atomic mass is 10.2. The largest absolute Gasteiger partial charge is 0.395 e. The Bertz CT molecular complexity index is 1010. The first-order valence-electron chi connectivity index (χ1n) is 9.78. The van der Waals surface area contributed by atoms with Crippen LogP contribution in [0.2, 0.25) is 0 Å². The molecule has 0 aliphatic carbocycles. The van der Waals surface area contributed by atoms with Crippen molar-refractivity contribution >= 4 is 34.6 Å². The van der Waals surface area contributed by atoms with Gasteiger partial charge in [-0.25, -0.2) is 5.43 Å². The average Bonchev–Trinajstić information content (AvgIpc) is 3.23. The van der Waals surface area contributed by atoms with Crippen LogP contribution in [0.25, 0.3) is 10.9 Å². The van der Waals surface area contributed by atoms with Gasteiger partial charge in [-0.15, -0.1) is 0 Å². The molecular weight excluding hydrogens is 382 g/mol. The van der Waals surface area contributed by atoms with E-state index in [-0.39, 0.29) is 25.0 Å². The lowest BCUT2D eigenvalue weighted by molar-refractivity contribution is -0.121. The van der Waals surface area contributed by atoms with Crippen LogP contribution < -0.4 is 16.1 Å². The van der Waals surface area contributed by atoms with E-state index in [2.05, 4.69) is 26.1 Å². The van der Waals surface area contributed by atoms with Crippen LogP contribution in [0.15, 0.2) is 59.8 Å². The van der Waals surface area contributed by atoms with Gasteiger partial charge in [0.2, 0.25) is 5.91 Å². The molecule has 3 rings (SSSR count). The van der Waals surface area contributed by atoms with Crippen LogP contribution in [0.4, 0.5) is 5.69 Å². The number of carbonyl (C=O) groups excluding carboxylic acids is 2. The number of fused-ring (bicyclic) bond motifs is 1. The minimum atomic E-state index is -0.292. The van der Waals surface area contributed by atoms with E-state index >= 15 is 0 Å². The third-order valence-corrected chi connectivity index (χ3v) is 4.45. The molecule has 156 valence electrons. The van der Waals surface area contributed by atoms with Crippen molar-refractivity contribution < 1.29 is 14.7 Å². The fraction of sp³-hybridized carbons (Fsp3) is 0.227. The number of carbonyl (C=O) groups is 2. The second-order valence-electron chi connectivity index (χ2n) is 6.70. The highest BCUT2D eigenvalue weighted by molar-refractivity contribution is 5.95. The van der Waals surface area contributed by atoms with Gasteiger partial charge in [-0.05, 0) is 53.8 Å². The van der Waals surface area contributed by atoms with Gasteiger partial charge in [-0.1, -0.05) is 12.1 Å². The van der Waals surface area contributed by atoms with Crippen molar-refractivity contribution in [3.63, 3.8) is 0 Å². The van der Waals surface area contributed by atoms with Gasteiger partial charge >= 0.3 is 0 Å². The van der Waals surface area contributed by atoms with E-state index in [0.717, 1.165) is 22.2 Å². The molecule has 1 heterocycles. The zero-order chi connectivity index (χ0) is 21.2. The Kier molecular flexibility index (Phi) is 7.57. The third-order valence-electron chi connectivity index (χ3n) is 4.45. The van der Waals surface area contributed by atoms with Crippen LogP contribution in [0.3, 0.4) is 0 Å². The number of hydrazone groups is 1. The monoisotopic (exact) mass is 407 g/mol. The van der Waals surface area contributed by atoms with Crippen LogP contribution in [0.1, 0.15) is 28.8 Å². The number of nitrogens with zero attached hydrogens (tertiary/aromatic N) is 1. The van der Waals surface area contributed by atoms with Crippen molar-refractivity contribution in [3.05, 3.63) is 65.9 Å². The second-order valence-corrected chi connectivity index (χ2v) is 6.70. The molecule has 0 unspecified atom stereocenters. The van der Waals surface area contributed by atoms with Crippen molar-refractivity contribution in [2.75, 3.05) is 25.0 Å². The molecule has 0 spiro atoms. The molecule has 8 nitrogen and oxygen atoms in total. The molecule has 0 bridgehead atoms. The zero-order valence-electron chi connectivity index (χ0n) is 16.5. The first kappa shape index (κ1) is 21.1. The van der Waals surface area contributed by atoms with E-state index in [4.69, 9.17) is 5.11 Å². The summed E-state index contributed by atoms with van der Waals surface area (Å²) >= 11 is 0. The molecule has 2 amide bonds. The third kappa shape index (κ3) is 6.18. The molecule has 0 saturated heterocycles. The number of nitrogens with one attached hydrogen (secondary N) is 4. The van der Waals surface area contributed by atoms with E-state index in [1.165, 1.54) is 0 Å². The fourth-order valence-electron chi connectivity index (χ4n) is 2.88. The van der Waals surface area contributed by atoms with Gasteiger partial charge in [0.1, 0.15) is 0 Å². The van der Waals surface area contributed by atoms with E-state index in [9.17, 15) is 9.59 Å². The summed E-state index contributed by atoms with van der Waals surface area (Å²) in [6.07, 6.45) is 4.54. The van der Waals surface area contributed by atoms with Crippen molar-refractivity contribution in [2.45, 2.75) is 12.8 Å². The minimum Gasteiger partial charge on any atom is -0.395 e. The fourth-order valence-corrected chi connectivity index (χ4v) is 2.88. The van der Waals surface area contributed by atoms with E-state index < -0.39 is 0 Å². The number of anilines is 1. The van der Waals surface area contributed by atoms with E-state index in [0.29, 0.717) is 24.9 Å². The Morgan fingerprint density at radius 2 is 1.90 bits per heavy atom. The van der Waals surface area contributed by atoms with Gasteiger partial charge in [0.05, 0.1) is 12.8 Å². The first-order valence-corrected chi connectivity index (χ1v) is 9.78. The second kappa shape index (κ2) is 10.8. The molecular formula is C22H25N5O3. The van der Waals surface area contributed by atoms with Gasteiger partial charge in [0, 0.05) is 42.5 Å². The van der Waals surface area contributed by atoms with Crippen molar-refractivity contribution in [3.8, 4) is 0 Å². The number of aromatic nitrogens is 1. The lowest BCUT2D eigenvalue weighted by Gasteiger charge is -2.07. The first-order chi connectivity index (χ1) is 14.7. The number of aliphatic hydroxyl groups is 1. The molecule has 0 atom stereocenters. The maximum atomic E-state index is 12.2. The molecule has 0 aliphatic heterocycles. The molecule has 1 aromatic heterocycles. The summed E-state index contributed by atoms with van der Waals surface area (Å²) in [6.45, 7) is 0.855. The molecule has 5 N–H and O–H groups in total. The Balaban J connectivity index is 1.42. The molecule has 8 heteroatoms. The summed E-state index contributed by atoms with van der Waals surface area (Å²) in [5, 5.41) is 19.6. The zero-order valence-corrected chi connectivity index (χ0v) is 16.5. The molecule has 0 fully saturated rings. The summed E-state index contributed by atoms with van der Waals surface area (Å²) in [6, 6.07) is 14.9. The highest BCUT2D eigenvalue weighted by Gasteiger charge is 2.04. The topological polar surface area (TPSA) is 119 Å². The number of benzene rings is 2. The number of H-pyrrole nitrogens is 1. The van der Waals surface area contributed by atoms with Crippen LogP contribution in [0, 0.1) is 0 Å². The standard InChI is InChI=1S/C22H25N5O3/c28-13-12-25-21(29)2-1-10-23-19-7-5-18(6-8-19)22(30)27-26-15-16-3-4-17-9-11-24-20(17)14-16/h3-9,11,14-15,23-24,28H,1-2,10,12-13H2,(H,25,29)(H,27,30)/b26-15+. The molecule has 3 aromatic rings. The maximum Gasteiger partial charge on any atom is 0.271 e. The van der Waals surface area contributed by atoms with Crippen molar-refractivity contribution in [2.24, 2.45) is 5.10 Å². The predicted molar refractivity (Wildman–Crippen MR) is 118 cm³/mol. The molecule has 2 aromatic carbocycles. The Hall–Kier alpha value is -3.65. The van der Waals surface area contributed by atoms with Gasteiger partial charge in [-0.3, -0.25) is 9.59 Å². The Morgan fingerprint density at radius 1 is 1.07 bits per heavy atom. The average molecular weight is 407 g/mol. The van der Waals surface area contributed by atoms with E-state index in [1.54, 1.807) is 18.3 Å². The molecule has 0 saturated carbocycles. The number of rotatable bonds is 10. The van der Waals surface area contributed by atoms with Crippen molar-refractivity contribution in [1.29, 1.82) is 0 Å². The highest BCUT2D eigenvalue weighted by Crippen LogP contribution is 2.13. The summed E-state index contributed by atoms with van der Waals surface area (Å²) in [5.74, 6) is -0.370. The number of amides is 2. The minimum absolute atomic E-state index is 0.0571. The maximum absolute atomic E-state index is 12.2. The van der Waals surface area contributed by atoms with Crippen LogP contribution >= 0.6 is 0 Å². The normalized spacial score (nSPS) is 11.0. The quantitative estimate of drug-likeness (QED) is 0.201. The van der Waals surface area contributed by atoms with Gasteiger partial charge in [-0.2, -0.15) is 5.10 Å². The van der Waals surface area contributed by atoms with Gasteiger partial charge < -0.3 is 20.7 Å². The summed E-state index contributed by atoms with van der Waals surface area (Å²) in [4.78, 5) is 26.8. The summed E-state index contributed by atoms with van der Waals surface area (Å²) in [5.41, 5.74) is 5.79. The Labute approximate surface area is 174 Å². The number of hydrogen-bond acceptors (Lipinski definition) is 5. The van der Waals surface area contributed by atoms with Crippen molar-refractivity contribution in [1.82, 2.24) is 15.7 Å².